The first-order valence-corrected chi connectivity index (χ1v) is 2.99. The van der Waals surface area contributed by atoms with E-state index in [0.29, 0.717) is 0 Å². The Balaban J connectivity index is 2.61. The van der Waals surface area contributed by atoms with Crippen molar-refractivity contribution < 1.29 is 20.1 Å². The molecule has 0 aromatic carbocycles. The normalized spacial score (nSPS) is 47.5. The summed E-state index contributed by atoms with van der Waals surface area (Å²) in [7, 11) is 0. The minimum atomic E-state index is -1.29. The lowest BCUT2D eigenvalue weighted by molar-refractivity contribution is -0.120. The van der Waals surface area contributed by atoms with Crippen molar-refractivity contribution in [2.75, 3.05) is 0 Å². The number of aliphatic hydroxyl groups excluding tert-OH is 3. The van der Waals surface area contributed by atoms with Gasteiger partial charge in [-0.1, -0.05) is 6.08 Å². The molecule has 4 heteroatoms. The summed E-state index contributed by atoms with van der Waals surface area (Å²) in [5.74, 6) is 0. The van der Waals surface area contributed by atoms with Crippen LogP contribution in [0.4, 0.5) is 0 Å². The first kappa shape index (κ1) is 7.68. The fraction of sp³-hybridized carbons (Fsp3) is 0.667. The summed E-state index contributed by atoms with van der Waals surface area (Å²) in [6.45, 7) is 3.35. The highest BCUT2D eigenvalue weighted by atomic mass is 16.6. The molecule has 1 rings (SSSR count). The van der Waals surface area contributed by atoms with Crippen molar-refractivity contribution in [1.29, 1.82) is 0 Å². The van der Waals surface area contributed by atoms with Crippen molar-refractivity contribution >= 4 is 0 Å². The van der Waals surface area contributed by atoms with Gasteiger partial charge in [-0.2, -0.15) is 0 Å². The molecule has 0 amide bonds. The Morgan fingerprint density at radius 2 is 1.80 bits per heavy atom. The van der Waals surface area contributed by atoms with Gasteiger partial charge in [0.1, 0.15) is 18.3 Å². The van der Waals surface area contributed by atoms with Crippen LogP contribution in [0.25, 0.3) is 0 Å². The van der Waals surface area contributed by atoms with Crippen LogP contribution >= 0.6 is 0 Å². The Morgan fingerprint density at radius 1 is 1.20 bits per heavy atom. The smallest absolute Gasteiger partial charge is 0.184 e. The SMILES string of the molecule is C=C[C@H]1OC(O)[C@H](O)[C@@H]1O. The van der Waals surface area contributed by atoms with Gasteiger partial charge in [0, 0.05) is 0 Å². The van der Waals surface area contributed by atoms with E-state index in [0.717, 1.165) is 0 Å². The second kappa shape index (κ2) is 2.67. The van der Waals surface area contributed by atoms with E-state index in [4.69, 9.17) is 15.3 Å². The van der Waals surface area contributed by atoms with Crippen LogP contribution in [-0.2, 0) is 4.74 Å². The summed E-state index contributed by atoms with van der Waals surface area (Å²) >= 11 is 0. The monoisotopic (exact) mass is 146 g/mol. The van der Waals surface area contributed by atoms with Crippen molar-refractivity contribution in [3.8, 4) is 0 Å². The maximum atomic E-state index is 9.02. The number of aliphatic hydroxyl groups is 3. The highest BCUT2D eigenvalue weighted by molar-refractivity contribution is 4.95. The first-order chi connectivity index (χ1) is 4.66. The van der Waals surface area contributed by atoms with Crippen molar-refractivity contribution in [2.45, 2.75) is 24.6 Å². The van der Waals surface area contributed by atoms with Crippen LogP contribution in [0.5, 0.6) is 0 Å². The molecule has 4 nitrogen and oxygen atoms in total. The number of hydrogen-bond donors (Lipinski definition) is 3. The van der Waals surface area contributed by atoms with E-state index in [1.54, 1.807) is 0 Å². The number of ether oxygens (including phenoxy) is 1. The van der Waals surface area contributed by atoms with Crippen molar-refractivity contribution in [3.05, 3.63) is 12.7 Å². The van der Waals surface area contributed by atoms with Gasteiger partial charge in [0.25, 0.3) is 0 Å². The zero-order chi connectivity index (χ0) is 7.72. The van der Waals surface area contributed by atoms with Crippen molar-refractivity contribution in [1.82, 2.24) is 0 Å². The first-order valence-electron chi connectivity index (χ1n) is 2.99. The van der Waals surface area contributed by atoms with Crippen LogP contribution < -0.4 is 0 Å². The Hall–Kier alpha value is -0.420. The summed E-state index contributed by atoms with van der Waals surface area (Å²) in [6, 6.07) is 0. The molecule has 1 heterocycles. The van der Waals surface area contributed by atoms with Gasteiger partial charge >= 0.3 is 0 Å². The minimum Gasteiger partial charge on any atom is -0.387 e. The Kier molecular flexibility index (Phi) is 2.05. The molecule has 0 radical (unpaired) electrons. The molecule has 0 aromatic rings. The summed E-state index contributed by atoms with van der Waals surface area (Å²) in [4.78, 5) is 0. The zero-order valence-electron chi connectivity index (χ0n) is 5.34. The molecule has 4 atom stereocenters. The molecule has 0 bridgehead atoms. The van der Waals surface area contributed by atoms with E-state index in [-0.39, 0.29) is 0 Å². The molecule has 1 fully saturated rings. The Labute approximate surface area is 58.4 Å². The predicted molar refractivity (Wildman–Crippen MR) is 33.1 cm³/mol. The zero-order valence-corrected chi connectivity index (χ0v) is 5.34. The van der Waals surface area contributed by atoms with Crippen molar-refractivity contribution in [3.63, 3.8) is 0 Å². The number of hydrogen-bond acceptors (Lipinski definition) is 4. The molecule has 0 aliphatic carbocycles. The van der Waals surface area contributed by atoms with Crippen LogP contribution in [-0.4, -0.2) is 39.9 Å². The van der Waals surface area contributed by atoms with E-state index in [9.17, 15) is 0 Å². The maximum absolute atomic E-state index is 9.02. The van der Waals surface area contributed by atoms with E-state index in [1.807, 2.05) is 0 Å². The quantitative estimate of drug-likeness (QED) is 0.398. The third-order valence-electron chi connectivity index (χ3n) is 1.51. The summed E-state index contributed by atoms with van der Waals surface area (Å²) in [5.41, 5.74) is 0. The van der Waals surface area contributed by atoms with Crippen LogP contribution in [0.2, 0.25) is 0 Å². The van der Waals surface area contributed by atoms with Crippen molar-refractivity contribution in [2.24, 2.45) is 0 Å². The van der Waals surface area contributed by atoms with Gasteiger partial charge in [-0.25, -0.2) is 0 Å². The second-order valence-corrected chi connectivity index (χ2v) is 2.21. The lowest BCUT2D eigenvalue weighted by Gasteiger charge is -2.08. The Bertz CT molecular complexity index is 136. The third-order valence-corrected chi connectivity index (χ3v) is 1.51. The topological polar surface area (TPSA) is 69.9 Å². The van der Waals surface area contributed by atoms with E-state index in [1.165, 1.54) is 6.08 Å². The molecule has 1 aliphatic rings. The Morgan fingerprint density at radius 3 is 2.00 bits per heavy atom. The third kappa shape index (κ3) is 1.06. The van der Waals surface area contributed by atoms with Crippen LogP contribution in [0, 0.1) is 0 Å². The molecule has 3 N–H and O–H groups in total. The highest BCUT2D eigenvalue weighted by Crippen LogP contribution is 2.19. The van der Waals surface area contributed by atoms with Gasteiger partial charge in [-0.05, 0) is 0 Å². The summed E-state index contributed by atoms with van der Waals surface area (Å²) < 4.78 is 4.67. The number of rotatable bonds is 1. The van der Waals surface area contributed by atoms with Gasteiger partial charge < -0.3 is 20.1 Å². The van der Waals surface area contributed by atoms with E-state index < -0.39 is 24.6 Å². The molecule has 1 aliphatic heterocycles. The molecule has 0 aromatic heterocycles. The average molecular weight is 146 g/mol. The standard InChI is InChI=1S/C6H10O4/c1-2-3-4(7)5(8)6(9)10-3/h2-9H,1H2/t3-,4-,5-,6?/m1/s1. The second-order valence-electron chi connectivity index (χ2n) is 2.21. The molecule has 58 valence electrons. The lowest BCUT2D eigenvalue weighted by Crippen LogP contribution is -2.31. The van der Waals surface area contributed by atoms with Gasteiger partial charge in [0.05, 0.1) is 0 Å². The fourth-order valence-corrected chi connectivity index (χ4v) is 0.880. The fourth-order valence-electron chi connectivity index (χ4n) is 0.880. The van der Waals surface area contributed by atoms with Gasteiger partial charge in [0.2, 0.25) is 0 Å². The maximum Gasteiger partial charge on any atom is 0.184 e. The predicted octanol–water partition coefficient (Wildman–Crippen LogP) is -1.39. The molecule has 1 saturated heterocycles. The van der Waals surface area contributed by atoms with Crippen LogP contribution in [0.3, 0.4) is 0 Å². The minimum absolute atomic E-state index is 0.662. The van der Waals surface area contributed by atoms with Gasteiger partial charge in [0.15, 0.2) is 6.29 Å². The average Bonchev–Trinajstić information content (AvgIpc) is 2.17. The van der Waals surface area contributed by atoms with Gasteiger partial charge in [-0.3, -0.25) is 0 Å². The largest absolute Gasteiger partial charge is 0.387 e. The molecule has 1 unspecified atom stereocenters. The molecule has 0 spiro atoms. The van der Waals surface area contributed by atoms with E-state index >= 15 is 0 Å². The molecular weight excluding hydrogens is 136 g/mol. The molecule has 0 saturated carbocycles. The summed E-state index contributed by atoms with van der Waals surface area (Å²) in [6.07, 6.45) is -2.90. The molecule has 10 heavy (non-hydrogen) atoms. The highest BCUT2D eigenvalue weighted by Gasteiger charge is 2.39. The van der Waals surface area contributed by atoms with Crippen LogP contribution in [0.15, 0.2) is 12.7 Å². The van der Waals surface area contributed by atoms with Gasteiger partial charge in [-0.15, -0.1) is 6.58 Å². The lowest BCUT2D eigenvalue weighted by atomic mass is 10.1. The summed E-state index contributed by atoms with van der Waals surface area (Å²) in [5, 5.41) is 26.7. The molecular formula is C6H10O4. The van der Waals surface area contributed by atoms with E-state index in [2.05, 4.69) is 11.3 Å². The van der Waals surface area contributed by atoms with Crippen LogP contribution in [0.1, 0.15) is 0 Å².